The Hall–Kier alpha value is -3.35. The van der Waals surface area contributed by atoms with Crippen LogP contribution in [-0.4, -0.2) is 30.0 Å². The van der Waals surface area contributed by atoms with Crippen LogP contribution in [-0.2, 0) is 17.6 Å². The van der Waals surface area contributed by atoms with Crippen molar-refractivity contribution in [3.63, 3.8) is 0 Å². The molecular formula is C21H24N4O3. The summed E-state index contributed by atoms with van der Waals surface area (Å²) in [7, 11) is 1.73. The van der Waals surface area contributed by atoms with Crippen LogP contribution in [0.15, 0.2) is 47.5 Å². The molecule has 0 bridgehead atoms. The molecule has 1 aliphatic rings. The molecule has 7 heteroatoms. The number of nitrogens with two attached hydrogens (primary N) is 2. The summed E-state index contributed by atoms with van der Waals surface area (Å²) in [6.45, 7) is 0. The first-order valence-electron chi connectivity index (χ1n) is 9.15. The molecule has 3 rings (SSSR count). The molecular weight excluding hydrogens is 356 g/mol. The maximum Gasteiger partial charge on any atom is 0.303 e. The number of aliphatic carboxylic acids is 1. The molecule has 146 valence electrons. The van der Waals surface area contributed by atoms with Crippen LogP contribution in [0.5, 0.6) is 0 Å². The number of carbonyl (C=O) groups excluding carboxylic acids is 1. The van der Waals surface area contributed by atoms with Gasteiger partial charge in [0.05, 0.1) is 5.69 Å². The van der Waals surface area contributed by atoms with Gasteiger partial charge < -0.3 is 21.5 Å². The SMILES string of the molecule is CN(C(=O)c1ccc(N=C(N)N)cc1)c1ccc2c(c1)CC(CC(=O)O)CC2. The molecule has 0 saturated heterocycles. The lowest BCUT2D eigenvalue weighted by Gasteiger charge is -2.26. The molecule has 0 saturated carbocycles. The van der Waals surface area contributed by atoms with Crippen molar-refractivity contribution in [3.05, 3.63) is 59.2 Å². The van der Waals surface area contributed by atoms with Gasteiger partial charge in [0.15, 0.2) is 5.96 Å². The van der Waals surface area contributed by atoms with Crippen molar-refractivity contribution >= 4 is 29.2 Å². The number of guanidine groups is 1. The number of hydrogen-bond donors (Lipinski definition) is 3. The highest BCUT2D eigenvalue weighted by atomic mass is 16.4. The second-order valence-corrected chi connectivity index (χ2v) is 7.11. The predicted octanol–water partition coefficient (Wildman–Crippen LogP) is 2.45. The van der Waals surface area contributed by atoms with Crippen molar-refractivity contribution in [2.75, 3.05) is 11.9 Å². The average Bonchev–Trinajstić information content (AvgIpc) is 2.66. The fourth-order valence-corrected chi connectivity index (χ4v) is 3.59. The van der Waals surface area contributed by atoms with E-state index in [4.69, 9.17) is 16.6 Å². The third-order valence-corrected chi connectivity index (χ3v) is 5.05. The van der Waals surface area contributed by atoms with Crippen molar-refractivity contribution < 1.29 is 14.7 Å². The Morgan fingerprint density at radius 1 is 1.14 bits per heavy atom. The van der Waals surface area contributed by atoms with Crippen molar-refractivity contribution in [3.8, 4) is 0 Å². The van der Waals surface area contributed by atoms with Crippen molar-refractivity contribution in [1.29, 1.82) is 0 Å². The molecule has 2 aromatic carbocycles. The van der Waals surface area contributed by atoms with Gasteiger partial charge in [-0.3, -0.25) is 9.59 Å². The zero-order valence-electron chi connectivity index (χ0n) is 15.8. The molecule has 0 fully saturated rings. The number of nitrogens with zero attached hydrogens (tertiary/aromatic N) is 2. The first kappa shape index (κ1) is 19.4. The number of aryl methyl sites for hydroxylation is 1. The summed E-state index contributed by atoms with van der Waals surface area (Å²) in [5, 5.41) is 9.05. The predicted molar refractivity (Wildman–Crippen MR) is 109 cm³/mol. The number of fused-ring (bicyclic) bond motifs is 1. The third kappa shape index (κ3) is 4.49. The normalized spacial score (nSPS) is 15.4. The number of hydrogen-bond acceptors (Lipinski definition) is 3. The topological polar surface area (TPSA) is 122 Å². The van der Waals surface area contributed by atoms with Crippen LogP contribution in [0.1, 0.15) is 34.3 Å². The molecule has 0 aliphatic heterocycles. The van der Waals surface area contributed by atoms with Crippen LogP contribution in [0.4, 0.5) is 11.4 Å². The van der Waals surface area contributed by atoms with E-state index in [1.165, 1.54) is 5.56 Å². The van der Waals surface area contributed by atoms with Crippen LogP contribution in [0, 0.1) is 5.92 Å². The van der Waals surface area contributed by atoms with E-state index in [9.17, 15) is 9.59 Å². The Morgan fingerprint density at radius 3 is 2.50 bits per heavy atom. The Kier molecular flexibility index (Phi) is 5.63. The van der Waals surface area contributed by atoms with Gasteiger partial charge in [-0.1, -0.05) is 6.07 Å². The summed E-state index contributed by atoms with van der Waals surface area (Å²) in [5.41, 5.74) is 15.0. The number of rotatable bonds is 5. The van der Waals surface area contributed by atoms with Crippen molar-refractivity contribution in [1.82, 2.24) is 0 Å². The molecule has 5 N–H and O–H groups in total. The number of amides is 1. The van der Waals surface area contributed by atoms with E-state index in [0.717, 1.165) is 30.5 Å². The summed E-state index contributed by atoms with van der Waals surface area (Å²) in [5.74, 6) is -0.800. The lowest BCUT2D eigenvalue weighted by Crippen LogP contribution is -2.27. The molecule has 7 nitrogen and oxygen atoms in total. The van der Waals surface area contributed by atoms with Gasteiger partial charge in [-0.05, 0) is 72.7 Å². The number of anilines is 1. The fraction of sp³-hybridized carbons (Fsp3) is 0.286. The minimum atomic E-state index is -0.763. The Morgan fingerprint density at radius 2 is 1.86 bits per heavy atom. The summed E-state index contributed by atoms with van der Waals surface area (Å²) in [6.07, 6.45) is 2.67. The van der Waals surface area contributed by atoms with E-state index >= 15 is 0 Å². The van der Waals surface area contributed by atoms with Gasteiger partial charge in [0.1, 0.15) is 0 Å². The zero-order valence-corrected chi connectivity index (χ0v) is 15.8. The highest BCUT2D eigenvalue weighted by Crippen LogP contribution is 2.31. The molecule has 2 aromatic rings. The Labute approximate surface area is 163 Å². The quantitative estimate of drug-likeness (QED) is 0.543. The smallest absolute Gasteiger partial charge is 0.303 e. The monoisotopic (exact) mass is 380 g/mol. The van der Waals surface area contributed by atoms with Gasteiger partial charge in [-0.2, -0.15) is 0 Å². The van der Waals surface area contributed by atoms with Crippen LogP contribution < -0.4 is 16.4 Å². The highest BCUT2D eigenvalue weighted by Gasteiger charge is 2.22. The Balaban J connectivity index is 1.77. The second kappa shape index (κ2) is 8.12. The number of carboxylic acid groups (broad SMARTS) is 1. The maximum atomic E-state index is 12.8. The lowest BCUT2D eigenvalue weighted by molar-refractivity contribution is -0.138. The van der Waals surface area contributed by atoms with Gasteiger partial charge in [-0.15, -0.1) is 0 Å². The van der Waals surface area contributed by atoms with Gasteiger partial charge in [0.2, 0.25) is 0 Å². The molecule has 0 spiro atoms. The van der Waals surface area contributed by atoms with E-state index in [1.54, 1.807) is 36.2 Å². The van der Waals surface area contributed by atoms with Crippen LogP contribution >= 0.6 is 0 Å². The van der Waals surface area contributed by atoms with E-state index in [2.05, 4.69) is 4.99 Å². The molecule has 28 heavy (non-hydrogen) atoms. The number of carboxylic acids is 1. The number of carbonyl (C=O) groups is 2. The number of benzene rings is 2. The first-order chi connectivity index (χ1) is 13.3. The van der Waals surface area contributed by atoms with E-state index in [1.807, 2.05) is 18.2 Å². The van der Waals surface area contributed by atoms with Gasteiger partial charge >= 0.3 is 5.97 Å². The first-order valence-corrected chi connectivity index (χ1v) is 9.15. The van der Waals surface area contributed by atoms with E-state index < -0.39 is 5.97 Å². The molecule has 0 heterocycles. The third-order valence-electron chi connectivity index (χ3n) is 5.05. The van der Waals surface area contributed by atoms with Crippen LogP contribution in [0.3, 0.4) is 0 Å². The summed E-state index contributed by atoms with van der Waals surface area (Å²) in [4.78, 5) is 29.4. The average molecular weight is 380 g/mol. The lowest BCUT2D eigenvalue weighted by atomic mass is 9.82. The van der Waals surface area contributed by atoms with Crippen LogP contribution in [0.25, 0.3) is 0 Å². The molecule has 1 amide bonds. The zero-order chi connectivity index (χ0) is 20.3. The minimum absolute atomic E-state index is 0.0357. The molecule has 0 aromatic heterocycles. The molecule has 1 aliphatic carbocycles. The second-order valence-electron chi connectivity index (χ2n) is 7.11. The summed E-state index contributed by atoms with van der Waals surface area (Å²) < 4.78 is 0. The molecule has 1 unspecified atom stereocenters. The standard InChI is InChI=1S/C21H24N4O3/c1-25(20(28)15-4-7-17(8-5-15)24-21(22)23)18-9-6-14-3-2-13(11-19(26)27)10-16(14)12-18/h4-9,12-13H,2-3,10-11H2,1H3,(H,26,27)(H4,22,23,24). The van der Waals surface area contributed by atoms with Crippen molar-refractivity contribution in [2.24, 2.45) is 22.4 Å². The van der Waals surface area contributed by atoms with E-state index in [-0.39, 0.29) is 24.2 Å². The Bertz CT molecular complexity index is 918. The van der Waals surface area contributed by atoms with Gasteiger partial charge in [0, 0.05) is 24.7 Å². The summed E-state index contributed by atoms with van der Waals surface area (Å²) in [6, 6.07) is 12.7. The van der Waals surface area contributed by atoms with E-state index in [0.29, 0.717) is 11.3 Å². The fourth-order valence-electron chi connectivity index (χ4n) is 3.59. The number of aliphatic imine (C=N–C) groups is 1. The molecule has 0 radical (unpaired) electrons. The van der Waals surface area contributed by atoms with Gasteiger partial charge in [0.25, 0.3) is 5.91 Å². The molecule has 1 atom stereocenters. The highest BCUT2D eigenvalue weighted by molar-refractivity contribution is 6.06. The van der Waals surface area contributed by atoms with Crippen LogP contribution in [0.2, 0.25) is 0 Å². The maximum absolute atomic E-state index is 12.8. The summed E-state index contributed by atoms with van der Waals surface area (Å²) >= 11 is 0. The largest absolute Gasteiger partial charge is 0.481 e. The van der Waals surface area contributed by atoms with Gasteiger partial charge in [-0.25, -0.2) is 4.99 Å². The minimum Gasteiger partial charge on any atom is -0.481 e. The van der Waals surface area contributed by atoms with Crippen molar-refractivity contribution in [2.45, 2.75) is 25.7 Å².